The van der Waals surface area contributed by atoms with E-state index < -0.39 is 5.82 Å². The van der Waals surface area contributed by atoms with Crippen molar-refractivity contribution >= 4 is 5.91 Å². The number of halogens is 1. The number of carbonyl (C=O) groups is 1. The van der Waals surface area contributed by atoms with Gasteiger partial charge < -0.3 is 10.0 Å². The molecule has 1 atom stereocenters. The summed E-state index contributed by atoms with van der Waals surface area (Å²) >= 11 is 0. The standard InChI is InChI=1S/C16H18FN3O2/c1-3-20(11(2)10-21)16(22)14-9-12(17)5-6-13(14)15-18-7-4-8-19-15/h4-9,11,21H,3,10H2,1-2H3/t11-/m0/s1. The summed E-state index contributed by atoms with van der Waals surface area (Å²) in [7, 11) is 0. The quantitative estimate of drug-likeness (QED) is 0.919. The van der Waals surface area contributed by atoms with Crippen LogP contribution >= 0.6 is 0 Å². The minimum atomic E-state index is -0.504. The molecule has 2 aromatic rings. The van der Waals surface area contributed by atoms with Crippen LogP contribution in [0.1, 0.15) is 24.2 Å². The summed E-state index contributed by atoms with van der Waals surface area (Å²) in [5.74, 6) is -0.500. The summed E-state index contributed by atoms with van der Waals surface area (Å²) in [5, 5.41) is 9.28. The molecular formula is C16H18FN3O2. The fraction of sp³-hybridized carbons (Fsp3) is 0.312. The first-order chi connectivity index (χ1) is 10.6. The van der Waals surface area contributed by atoms with E-state index >= 15 is 0 Å². The van der Waals surface area contributed by atoms with Crippen LogP contribution in [-0.4, -0.2) is 45.1 Å². The molecule has 0 aliphatic heterocycles. The number of rotatable bonds is 5. The molecule has 1 heterocycles. The maximum Gasteiger partial charge on any atom is 0.255 e. The summed E-state index contributed by atoms with van der Waals surface area (Å²) in [6.07, 6.45) is 3.13. The molecule has 22 heavy (non-hydrogen) atoms. The van der Waals surface area contributed by atoms with E-state index in [1.165, 1.54) is 23.1 Å². The molecule has 116 valence electrons. The first-order valence-electron chi connectivity index (χ1n) is 7.07. The van der Waals surface area contributed by atoms with E-state index in [0.717, 1.165) is 0 Å². The second-order valence-corrected chi connectivity index (χ2v) is 4.89. The van der Waals surface area contributed by atoms with Gasteiger partial charge in [-0.1, -0.05) is 0 Å². The first-order valence-corrected chi connectivity index (χ1v) is 7.07. The van der Waals surface area contributed by atoms with Crippen LogP contribution in [0.4, 0.5) is 4.39 Å². The third kappa shape index (κ3) is 3.28. The number of amides is 1. The maximum atomic E-state index is 13.6. The molecule has 0 unspecified atom stereocenters. The molecule has 1 N–H and O–H groups in total. The Kier molecular flexibility index (Phi) is 5.16. The lowest BCUT2D eigenvalue weighted by Crippen LogP contribution is -2.40. The van der Waals surface area contributed by atoms with E-state index in [1.807, 2.05) is 6.92 Å². The molecule has 1 amide bonds. The van der Waals surface area contributed by atoms with E-state index in [4.69, 9.17) is 0 Å². The molecule has 2 rings (SSSR count). The SMILES string of the molecule is CCN(C(=O)c1cc(F)ccc1-c1ncccn1)[C@@H](C)CO. The van der Waals surface area contributed by atoms with E-state index in [2.05, 4.69) is 9.97 Å². The van der Waals surface area contributed by atoms with Gasteiger partial charge in [-0.2, -0.15) is 0 Å². The van der Waals surface area contributed by atoms with Crippen molar-refractivity contribution in [3.63, 3.8) is 0 Å². The third-order valence-corrected chi connectivity index (χ3v) is 3.42. The second kappa shape index (κ2) is 7.09. The number of aliphatic hydroxyl groups is 1. The monoisotopic (exact) mass is 303 g/mol. The van der Waals surface area contributed by atoms with Gasteiger partial charge in [0.1, 0.15) is 5.82 Å². The third-order valence-electron chi connectivity index (χ3n) is 3.42. The predicted octanol–water partition coefficient (Wildman–Crippen LogP) is 2.13. The molecule has 6 heteroatoms. The highest BCUT2D eigenvalue weighted by atomic mass is 19.1. The zero-order valence-corrected chi connectivity index (χ0v) is 12.5. The number of nitrogens with zero attached hydrogens (tertiary/aromatic N) is 3. The fourth-order valence-corrected chi connectivity index (χ4v) is 2.24. The van der Waals surface area contributed by atoms with Crippen molar-refractivity contribution in [2.24, 2.45) is 0 Å². The van der Waals surface area contributed by atoms with Crippen molar-refractivity contribution in [2.75, 3.05) is 13.2 Å². The number of carbonyl (C=O) groups excluding carboxylic acids is 1. The Labute approximate surface area is 128 Å². The van der Waals surface area contributed by atoms with Crippen molar-refractivity contribution in [2.45, 2.75) is 19.9 Å². The molecule has 0 saturated heterocycles. The van der Waals surface area contributed by atoms with Crippen molar-refractivity contribution in [3.8, 4) is 11.4 Å². The summed E-state index contributed by atoms with van der Waals surface area (Å²) in [6.45, 7) is 3.79. The van der Waals surface area contributed by atoms with Gasteiger partial charge in [0.05, 0.1) is 18.2 Å². The van der Waals surface area contributed by atoms with Crippen LogP contribution in [0, 0.1) is 5.82 Å². The molecule has 1 aromatic heterocycles. The summed E-state index contributed by atoms with van der Waals surface area (Å²) in [6, 6.07) is 5.26. The number of aliphatic hydroxyl groups excluding tert-OH is 1. The normalized spacial score (nSPS) is 12.0. The number of hydrogen-bond donors (Lipinski definition) is 1. The lowest BCUT2D eigenvalue weighted by atomic mass is 10.0. The van der Waals surface area contributed by atoms with Crippen molar-refractivity contribution < 1.29 is 14.3 Å². The highest BCUT2D eigenvalue weighted by molar-refractivity contribution is 6.00. The highest BCUT2D eigenvalue weighted by Gasteiger charge is 2.23. The Morgan fingerprint density at radius 2 is 2.05 bits per heavy atom. The van der Waals surface area contributed by atoms with Gasteiger partial charge in [0.2, 0.25) is 0 Å². The van der Waals surface area contributed by atoms with Gasteiger partial charge in [0.15, 0.2) is 5.82 Å². The smallest absolute Gasteiger partial charge is 0.255 e. The van der Waals surface area contributed by atoms with Crippen LogP contribution in [-0.2, 0) is 0 Å². The van der Waals surface area contributed by atoms with Gasteiger partial charge >= 0.3 is 0 Å². The Balaban J connectivity index is 2.50. The van der Waals surface area contributed by atoms with Gasteiger partial charge in [-0.3, -0.25) is 4.79 Å². The second-order valence-electron chi connectivity index (χ2n) is 4.89. The lowest BCUT2D eigenvalue weighted by Gasteiger charge is -2.27. The summed E-state index contributed by atoms with van der Waals surface area (Å²) < 4.78 is 13.6. The minimum absolute atomic E-state index is 0.161. The van der Waals surface area contributed by atoms with E-state index in [-0.39, 0.29) is 24.1 Å². The number of hydrogen-bond acceptors (Lipinski definition) is 4. The lowest BCUT2D eigenvalue weighted by molar-refractivity contribution is 0.0633. The number of likely N-dealkylation sites (N-methyl/N-ethyl adjacent to an activating group) is 1. The topological polar surface area (TPSA) is 66.3 Å². The molecule has 1 aromatic carbocycles. The predicted molar refractivity (Wildman–Crippen MR) is 80.7 cm³/mol. The van der Waals surface area contributed by atoms with E-state index in [0.29, 0.717) is 17.9 Å². The highest BCUT2D eigenvalue weighted by Crippen LogP contribution is 2.23. The van der Waals surface area contributed by atoms with Crippen LogP contribution in [0.5, 0.6) is 0 Å². The maximum absolute atomic E-state index is 13.6. The van der Waals surface area contributed by atoms with Crippen LogP contribution < -0.4 is 0 Å². The molecule has 0 aliphatic rings. The van der Waals surface area contributed by atoms with Crippen LogP contribution in [0.25, 0.3) is 11.4 Å². The summed E-state index contributed by atoms with van der Waals surface area (Å²) in [5.41, 5.74) is 0.656. The molecule has 0 saturated carbocycles. The Hall–Kier alpha value is -2.34. The molecule has 0 spiro atoms. The van der Waals surface area contributed by atoms with Crippen LogP contribution in [0.15, 0.2) is 36.7 Å². The number of benzene rings is 1. The van der Waals surface area contributed by atoms with Gasteiger partial charge in [-0.05, 0) is 38.1 Å². The first kappa shape index (κ1) is 16.0. The zero-order chi connectivity index (χ0) is 16.1. The summed E-state index contributed by atoms with van der Waals surface area (Å²) in [4.78, 5) is 22.4. The Morgan fingerprint density at radius 3 is 2.64 bits per heavy atom. The Bertz CT molecular complexity index is 649. The molecule has 0 bridgehead atoms. The fourth-order valence-electron chi connectivity index (χ4n) is 2.24. The average Bonchev–Trinajstić information content (AvgIpc) is 2.55. The van der Waals surface area contributed by atoms with E-state index in [9.17, 15) is 14.3 Å². The molecule has 0 radical (unpaired) electrons. The molecular weight excluding hydrogens is 285 g/mol. The average molecular weight is 303 g/mol. The van der Waals surface area contributed by atoms with Gasteiger partial charge in [0.25, 0.3) is 5.91 Å². The van der Waals surface area contributed by atoms with Crippen molar-refractivity contribution in [3.05, 3.63) is 48.0 Å². The van der Waals surface area contributed by atoms with Crippen LogP contribution in [0.3, 0.4) is 0 Å². The molecule has 0 fully saturated rings. The van der Waals surface area contributed by atoms with Crippen molar-refractivity contribution in [1.82, 2.24) is 14.9 Å². The van der Waals surface area contributed by atoms with E-state index in [1.54, 1.807) is 25.4 Å². The van der Waals surface area contributed by atoms with Gasteiger partial charge in [-0.25, -0.2) is 14.4 Å². The van der Waals surface area contributed by atoms with Crippen molar-refractivity contribution in [1.29, 1.82) is 0 Å². The van der Waals surface area contributed by atoms with Gasteiger partial charge in [0, 0.05) is 24.5 Å². The number of aromatic nitrogens is 2. The Morgan fingerprint density at radius 1 is 1.36 bits per heavy atom. The minimum Gasteiger partial charge on any atom is -0.394 e. The van der Waals surface area contributed by atoms with Gasteiger partial charge in [-0.15, -0.1) is 0 Å². The largest absolute Gasteiger partial charge is 0.394 e. The van der Waals surface area contributed by atoms with Crippen LogP contribution in [0.2, 0.25) is 0 Å². The zero-order valence-electron chi connectivity index (χ0n) is 12.5. The molecule has 5 nitrogen and oxygen atoms in total. The molecule has 0 aliphatic carbocycles.